The number of rotatable bonds is 3. The predicted octanol–water partition coefficient (Wildman–Crippen LogP) is 4.33. The van der Waals surface area contributed by atoms with Crippen molar-refractivity contribution in [1.82, 2.24) is 4.90 Å². The van der Waals surface area contributed by atoms with Crippen LogP contribution >= 0.6 is 11.8 Å². The molecule has 0 spiro atoms. The summed E-state index contributed by atoms with van der Waals surface area (Å²) >= 11 is 1.89. The molecule has 126 valence electrons. The Kier molecular flexibility index (Phi) is 5.30. The number of para-hydroxylation sites is 2. The molecule has 3 rings (SSSR count). The number of hydrogen-bond acceptors (Lipinski definition) is 3. The topological polar surface area (TPSA) is 41.6 Å². The first-order chi connectivity index (χ1) is 11.7. The zero-order valence-electron chi connectivity index (χ0n) is 14.0. The number of ether oxygens (including phenoxy) is 1. The molecule has 1 fully saturated rings. The number of aryl methyl sites for hydroxylation is 1. The van der Waals surface area contributed by atoms with E-state index >= 15 is 0 Å². The van der Waals surface area contributed by atoms with E-state index in [1.165, 1.54) is 11.1 Å². The SMILES string of the molecule is COc1ccccc1NC(=O)N1CCSCC1c1ccc(C)cc1. The molecule has 2 aromatic carbocycles. The molecule has 5 heteroatoms. The number of methoxy groups -OCH3 is 1. The number of nitrogens with zero attached hydrogens (tertiary/aromatic N) is 1. The fourth-order valence-corrected chi connectivity index (χ4v) is 3.93. The Balaban J connectivity index is 1.79. The number of urea groups is 1. The highest BCUT2D eigenvalue weighted by Crippen LogP contribution is 2.31. The summed E-state index contributed by atoms with van der Waals surface area (Å²) in [4.78, 5) is 14.8. The first kappa shape index (κ1) is 16.7. The summed E-state index contributed by atoms with van der Waals surface area (Å²) in [6.07, 6.45) is 0. The molecular weight excluding hydrogens is 320 g/mol. The molecule has 1 atom stereocenters. The highest BCUT2D eigenvalue weighted by atomic mass is 32.2. The third kappa shape index (κ3) is 3.67. The van der Waals surface area contributed by atoms with Crippen molar-refractivity contribution in [1.29, 1.82) is 0 Å². The number of hydrogen-bond donors (Lipinski definition) is 1. The summed E-state index contributed by atoms with van der Waals surface area (Å²) in [5.74, 6) is 2.55. The summed E-state index contributed by atoms with van der Waals surface area (Å²) in [6, 6.07) is 15.9. The monoisotopic (exact) mass is 342 g/mol. The molecule has 0 aliphatic carbocycles. The summed E-state index contributed by atoms with van der Waals surface area (Å²) < 4.78 is 5.32. The lowest BCUT2D eigenvalue weighted by Crippen LogP contribution is -2.43. The molecular formula is C19H22N2O2S. The highest BCUT2D eigenvalue weighted by Gasteiger charge is 2.28. The molecule has 1 unspecified atom stereocenters. The number of amides is 2. The molecule has 1 aliphatic rings. The van der Waals surface area contributed by atoms with Crippen molar-refractivity contribution in [3.8, 4) is 5.75 Å². The Morgan fingerprint density at radius 3 is 2.71 bits per heavy atom. The third-order valence-electron chi connectivity index (χ3n) is 4.20. The molecule has 1 aliphatic heterocycles. The first-order valence-electron chi connectivity index (χ1n) is 8.04. The van der Waals surface area contributed by atoms with Gasteiger partial charge in [-0.2, -0.15) is 11.8 Å². The lowest BCUT2D eigenvalue weighted by Gasteiger charge is -2.35. The van der Waals surface area contributed by atoms with Gasteiger partial charge >= 0.3 is 6.03 Å². The largest absolute Gasteiger partial charge is 0.495 e. The van der Waals surface area contributed by atoms with E-state index in [4.69, 9.17) is 4.74 Å². The summed E-state index contributed by atoms with van der Waals surface area (Å²) in [6.45, 7) is 2.82. The molecule has 0 radical (unpaired) electrons. The number of carbonyl (C=O) groups is 1. The van der Waals surface area contributed by atoms with Crippen molar-refractivity contribution in [2.45, 2.75) is 13.0 Å². The second-order valence-electron chi connectivity index (χ2n) is 5.83. The maximum atomic E-state index is 12.8. The highest BCUT2D eigenvalue weighted by molar-refractivity contribution is 7.99. The van der Waals surface area contributed by atoms with Crippen LogP contribution < -0.4 is 10.1 Å². The van der Waals surface area contributed by atoms with Gasteiger partial charge in [-0.05, 0) is 24.6 Å². The van der Waals surface area contributed by atoms with Crippen molar-refractivity contribution < 1.29 is 9.53 Å². The number of nitrogens with one attached hydrogen (secondary N) is 1. The van der Waals surface area contributed by atoms with Gasteiger partial charge in [-0.1, -0.05) is 42.0 Å². The Morgan fingerprint density at radius 2 is 1.96 bits per heavy atom. The molecule has 1 heterocycles. The second kappa shape index (κ2) is 7.62. The van der Waals surface area contributed by atoms with Gasteiger partial charge in [-0.25, -0.2) is 4.79 Å². The van der Waals surface area contributed by atoms with Gasteiger partial charge in [0.15, 0.2) is 0 Å². The van der Waals surface area contributed by atoms with Gasteiger partial charge in [-0.3, -0.25) is 0 Å². The van der Waals surface area contributed by atoms with E-state index in [-0.39, 0.29) is 12.1 Å². The van der Waals surface area contributed by atoms with Gasteiger partial charge in [0, 0.05) is 18.1 Å². The summed E-state index contributed by atoms with van der Waals surface area (Å²) in [5.41, 5.74) is 3.11. The lowest BCUT2D eigenvalue weighted by molar-refractivity contribution is 0.196. The van der Waals surface area contributed by atoms with Crippen LogP contribution in [0.2, 0.25) is 0 Å². The van der Waals surface area contributed by atoms with E-state index < -0.39 is 0 Å². The standard InChI is InChI=1S/C19H22N2O2S/c1-14-7-9-15(10-8-14)17-13-24-12-11-21(17)19(22)20-16-5-3-4-6-18(16)23-2/h3-10,17H,11-13H2,1-2H3,(H,20,22). The maximum absolute atomic E-state index is 12.8. The molecule has 0 saturated carbocycles. The molecule has 0 aromatic heterocycles. The van der Waals surface area contributed by atoms with E-state index in [9.17, 15) is 4.79 Å². The average molecular weight is 342 g/mol. The third-order valence-corrected chi connectivity index (χ3v) is 5.22. The van der Waals surface area contributed by atoms with E-state index in [2.05, 4.69) is 36.5 Å². The van der Waals surface area contributed by atoms with E-state index in [1.54, 1.807) is 7.11 Å². The molecule has 24 heavy (non-hydrogen) atoms. The fraction of sp³-hybridized carbons (Fsp3) is 0.316. The molecule has 4 nitrogen and oxygen atoms in total. The second-order valence-corrected chi connectivity index (χ2v) is 6.98. The van der Waals surface area contributed by atoms with Gasteiger partial charge in [-0.15, -0.1) is 0 Å². The number of thioether (sulfide) groups is 1. The minimum atomic E-state index is -0.0784. The lowest BCUT2D eigenvalue weighted by atomic mass is 10.1. The van der Waals surface area contributed by atoms with Gasteiger partial charge in [0.25, 0.3) is 0 Å². The number of anilines is 1. The van der Waals surface area contributed by atoms with Crippen LogP contribution in [-0.2, 0) is 0 Å². The van der Waals surface area contributed by atoms with E-state index in [1.807, 2.05) is 40.9 Å². The van der Waals surface area contributed by atoms with Crippen LogP contribution in [0.4, 0.5) is 10.5 Å². The van der Waals surface area contributed by atoms with Gasteiger partial charge < -0.3 is 15.0 Å². The van der Waals surface area contributed by atoms with Crippen LogP contribution in [0.3, 0.4) is 0 Å². The van der Waals surface area contributed by atoms with Crippen molar-refractivity contribution in [2.75, 3.05) is 30.5 Å². The normalized spacial score (nSPS) is 17.4. The number of carbonyl (C=O) groups excluding carboxylic acids is 1. The van der Waals surface area contributed by atoms with Crippen LogP contribution in [-0.4, -0.2) is 36.1 Å². The van der Waals surface area contributed by atoms with E-state index in [0.29, 0.717) is 11.4 Å². The minimum Gasteiger partial charge on any atom is -0.495 e. The quantitative estimate of drug-likeness (QED) is 0.903. The van der Waals surface area contributed by atoms with Crippen LogP contribution in [0.25, 0.3) is 0 Å². The van der Waals surface area contributed by atoms with Gasteiger partial charge in [0.1, 0.15) is 5.75 Å². The fourth-order valence-electron chi connectivity index (χ4n) is 2.85. The summed E-state index contributed by atoms with van der Waals surface area (Å²) in [7, 11) is 1.61. The molecule has 2 amide bonds. The van der Waals surface area contributed by atoms with Crippen molar-refractivity contribution in [3.63, 3.8) is 0 Å². The summed E-state index contributed by atoms with van der Waals surface area (Å²) in [5, 5.41) is 3.00. The average Bonchev–Trinajstić information content (AvgIpc) is 2.63. The van der Waals surface area contributed by atoms with Crippen LogP contribution in [0.15, 0.2) is 48.5 Å². The zero-order chi connectivity index (χ0) is 16.9. The number of benzene rings is 2. The Morgan fingerprint density at radius 1 is 1.21 bits per heavy atom. The Hall–Kier alpha value is -2.14. The zero-order valence-corrected chi connectivity index (χ0v) is 14.8. The van der Waals surface area contributed by atoms with Gasteiger partial charge in [0.05, 0.1) is 18.8 Å². The predicted molar refractivity (Wildman–Crippen MR) is 100.0 cm³/mol. The molecule has 0 bridgehead atoms. The van der Waals surface area contributed by atoms with Crippen molar-refractivity contribution >= 4 is 23.5 Å². The van der Waals surface area contributed by atoms with Crippen molar-refractivity contribution in [2.24, 2.45) is 0 Å². The Labute approximate surface area is 147 Å². The molecule has 2 aromatic rings. The Bertz CT molecular complexity index is 703. The van der Waals surface area contributed by atoms with Crippen molar-refractivity contribution in [3.05, 3.63) is 59.7 Å². The minimum absolute atomic E-state index is 0.0784. The molecule has 1 N–H and O–H groups in total. The van der Waals surface area contributed by atoms with Crippen LogP contribution in [0, 0.1) is 6.92 Å². The first-order valence-corrected chi connectivity index (χ1v) is 9.19. The van der Waals surface area contributed by atoms with Gasteiger partial charge in [0.2, 0.25) is 0 Å². The molecule has 1 saturated heterocycles. The van der Waals surface area contributed by atoms with Crippen LogP contribution in [0.1, 0.15) is 17.2 Å². The van der Waals surface area contributed by atoms with Crippen LogP contribution in [0.5, 0.6) is 5.75 Å². The maximum Gasteiger partial charge on any atom is 0.322 e. The van der Waals surface area contributed by atoms with E-state index in [0.717, 1.165) is 18.1 Å². The smallest absolute Gasteiger partial charge is 0.322 e.